The lowest BCUT2D eigenvalue weighted by atomic mass is 9.91. The molecule has 1 aromatic carbocycles. The number of aromatic hydroxyl groups is 1. The number of phenols is 1. The first-order valence-corrected chi connectivity index (χ1v) is 7.86. The Hall–Kier alpha value is -0.930. The number of nitrogens with zero attached hydrogens (tertiary/aromatic N) is 1. The molecule has 0 aromatic heterocycles. The quantitative estimate of drug-likeness (QED) is 0.920. The van der Waals surface area contributed by atoms with Crippen LogP contribution in [0.3, 0.4) is 0 Å². The van der Waals surface area contributed by atoms with Gasteiger partial charge in [-0.15, -0.1) is 0 Å². The normalized spacial score (nSPS) is 26.5. The molecule has 2 fully saturated rings. The highest BCUT2D eigenvalue weighted by atomic mass is 35.5. The Balaban J connectivity index is 1.81. The first kappa shape index (κ1) is 14.0. The van der Waals surface area contributed by atoms with Gasteiger partial charge in [0.15, 0.2) is 11.5 Å². The number of fused-ring (bicyclic) bond motifs is 1. The zero-order valence-electron chi connectivity index (χ0n) is 11.9. The summed E-state index contributed by atoms with van der Waals surface area (Å²) in [7, 11) is 1.56. The highest BCUT2D eigenvalue weighted by Gasteiger charge is 2.35. The van der Waals surface area contributed by atoms with Gasteiger partial charge in [-0.2, -0.15) is 0 Å². The molecule has 1 aliphatic carbocycles. The standard InChI is InChI=1S/C16H22ClNO2/c1-20-15-9-13(17)8-12(16(15)19)10-18-7-3-5-11-4-2-6-14(11)18/h8-9,11,14,19H,2-7,10H2,1H3. The van der Waals surface area contributed by atoms with Crippen molar-refractivity contribution in [3.63, 3.8) is 0 Å². The fourth-order valence-electron chi connectivity index (χ4n) is 3.88. The van der Waals surface area contributed by atoms with Gasteiger partial charge in [0, 0.05) is 29.2 Å². The van der Waals surface area contributed by atoms with E-state index < -0.39 is 0 Å². The maximum atomic E-state index is 10.3. The summed E-state index contributed by atoms with van der Waals surface area (Å²) in [5, 5.41) is 10.9. The molecular weight excluding hydrogens is 274 g/mol. The molecule has 1 aliphatic heterocycles. The van der Waals surface area contributed by atoms with Gasteiger partial charge in [-0.05, 0) is 44.2 Å². The monoisotopic (exact) mass is 295 g/mol. The van der Waals surface area contributed by atoms with Gasteiger partial charge in [0.2, 0.25) is 0 Å². The van der Waals surface area contributed by atoms with Crippen LogP contribution in [0.1, 0.15) is 37.7 Å². The smallest absolute Gasteiger partial charge is 0.162 e. The number of benzene rings is 1. The second-order valence-corrected chi connectivity index (χ2v) is 6.42. The lowest BCUT2D eigenvalue weighted by Crippen LogP contribution is -2.41. The van der Waals surface area contributed by atoms with Crippen molar-refractivity contribution in [2.24, 2.45) is 5.92 Å². The maximum absolute atomic E-state index is 10.3. The van der Waals surface area contributed by atoms with Crippen LogP contribution in [0, 0.1) is 5.92 Å². The van der Waals surface area contributed by atoms with Gasteiger partial charge < -0.3 is 9.84 Å². The summed E-state index contributed by atoms with van der Waals surface area (Å²) < 4.78 is 5.19. The van der Waals surface area contributed by atoms with Gasteiger partial charge in [-0.1, -0.05) is 18.0 Å². The van der Waals surface area contributed by atoms with E-state index >= 15 is 0 Å². The Bertz CT molecular complexity index is 492. The number of hydrogen-bond acceptors (Lipinski definition) is 3. The van der Waals surface area contributed by atoms with E-state index in [-0.39, 0.29) is 5.75 Å². The molecule has 0 radical (unpaired) electrons. The Kier molecular flexibility index (Phi) is 4.08. The molecule has 2 aliphatic rings. The first-order valence-electron chi connectivity index (χ1n) is 7.48. The summed E-state index contributed by atoms with van der Waals surface area (Å²) in [5.41, 5.74) is 0.877. The molecule has 1 heterocycles. The minimum atomic E-state index is 0.233. The third-order valence-electron chi connectivity index (χ3n) is 4.82. The van der Waals surface area contributed by atoms with E-state index in [1.807, 2.05) is 6.07 Å². The fourth-order valence-corrected chi connectivity index (χ4v) is 4.11. The Morgan fingerprint density at radius 1 is 1.30 bits per heavy atom. The molecule has 1 N–H and O–H groups in total. The van der Waals surface area contributed by atoms with Crippen molar-refractivity contribution in [2.75, 3.05) is 13.7 Å². The summed E-state index contributed by atoms with van der Waals surface area (Å²) >= 11 is 6.12. The summed E-state index contributed by atoms with van der Waals surface area (Å²) in [4.78, 5) is 2.52. The van der Waals surface area contributed by atoms with Crippen LogP contribution in [-0.4, -0.2) is 29.7 Å². The Morgan fingerprint density at radius 3 is 2.90 bits per heavy atom. The van der Waals surface area contributed by atoms with Crippen LogP contribution < -0.4 is 4.74 Å². The Labute approximate surface area is 125 Å². The third kappa shape index (κ3) is 2.61. The molecule has 20 heavy (non-hydrogen) atoms. The predicted molar refractivity (Wildman–Crippen MR) is 80.4 cm³/mol. The number of methoxy groups -OCH3 is 1. The number of piperidine rings is 1. The lowest BCUT2D eigenvalue weighted by molar-refractivity contribution is 0.105. The summed E-state index contributed by atoms with van der Waals surface area (Å²) in [5.74, 6) is 1.55. The zero-order chi connectivity index (χ0) is 14.1. The number of phenolic OH excluding ortho intramolecular Hbond substituents is 1. The molecule has 4 heteroatoms. The van der Waals surface area contributed by atoms with Gasteiger partial charge in [0.25, 0.3) is 0 Å². The van der Waals surface area contributed by atoms with Crippen molar-refractivity contribution in [1.29, 1.82) is 0 Å². The summed E-state index contributed by atoms with van der Waals surface area (Å²) in [6, 6.07) is 4.21. The largest absolute Gasteiger partial charge is 0.504 e. The molecule has 2 unspecified atom stereocenters. The van der Waals surface area contributed by atoms with E-state index in [9.17, 15) is 5.11 Å². The SMILES string of the molecule is COc1cc(Cl)cc(CN2CCCC3CCCC32)c1O. The molecule has 1 aromatic rings. The zero-order valence-corrected chi connectivity index (χ0v) is 12.7. The molecule has 0 spiro atoms. The minimum absolute atomic E-state index is 0.233. The maximum Gasteiger partial charge on any atom is 0.162 e. The third-order valence-corrected chi connectivity index (χ3v) is 5.04. The molecule has 3 nitrogen and oxygen atoms in total. The molecule has 1 saturated heterocycles. The van der Waals surface area contributed by atoms with Crippen LogP contribution in [0.2, 0.25) is 5.02 Å². The van der Waals surface area contributed by atoms with E-state index in [1.165, 1.54) is 32.1 Å². The van der Waals surface area contributed by atoms with Gasteiger partial charge in [0.1, 0.15) is 0 Å². The predicted octanol–water partition coefficient (Wildman–Crippen LogP) is 3.82. The second-order valence-electron chi connectivity index (χ2n) is 5.99. The lowest BCUT2D eigenvalue weighted by Gasteiger charge is -2.38. The summed E-state index contributed by atoms with van der Waals surface area (Å²) in [6.45, 7) is 1.89. The van der Waals surface area contributed by atoms with Gasteiger partial charge in [0.05, 0.1) is 7.11 Å². The van der Waals surface area contributed by atoms with Crippen LogP contribution in [0.15, 0.2) is 12.1 Å². The highest BCUT2D eigenvalue weighted by molar-refractivity contribution is 6.30. The van der Waals surface area contributed by atoms with Gasteiger partial charge in [-0.25, -0.2) is 0 Å². The van der Waals surface area contributed by atoms with E-state index in [0.717, 1.165) is 24.6 Å². The van der Waals surface area contributed by atoms with Crippen molar-refractivity contribution < 1.29 is 9.84 Å². The van der Waals surface area contributed by atoms with E-state index in [0.29, 0.717) is 16.8 Å². The van der Waals surface area contributed by atoms with Crippen LogP contribution in [-0.2, 0) is 6.54 Å². The molecular formula is C16H22ClNO2. The summed E-state index contributed by atoms with van der Waals surface area (Å²) in [6.07, 6.45) is 6.64. The van der Waals surface area contributed by atoms with Crippen molar-refractivity contribution >= 4 is 11.6 Å². The fraction of sp³-hybridized carbons (Fsp3) is 0.625. The number of likely N-dealkylation sites (tertiary alicyclic amines) is 1. The van der Waals surface area contributed by atoms with Crippen molar-refractivity contribution in [1.82, 2.24) is 4.90 Å². The van der Waals surface area contributed by atoms with Crippen molar-refractivity contribution in [3.8, 4) is 11.5 Å². The van der Waals surface area contributed by atoms with Crippen LogP contribution in [0.5, 0.6) is 11.5 Å². The van der Waals surface area contributed by atoms with E-state index in [4.69, 9.17) is 16.3 Å². The first-order chi connectivity index (χ1) is 9.69. The van der Waals surface area contributed by atoms with Crippen LogP contribution in [0.4, 0.5) is 0 Å². The molecule has 0 bridgehead atoms. The second kappa shape index (κ2) is 5.82. The highest BCUT2D eigenvalue weighted by Crippen LogP contribution is 2.40. The minimum Gasteiger partial charge on any atom is -0.504 e. The van der Waals surface area contributed by atoms with Crippen molar-refractivity contribution in [2.45, 2.75) is 44.7 Å². The van der Waals surface area contributed by atoms with E-state index in [2.05, 4.69) is 4.90 Å². The van der Waals surface area contributed by atoms with Crippen molar-refractivity contribution in [3.05, 3.63) is 22.7 Å². The van der Waals surface area contributed by atoms with E-state index in [1.54, 1.807) is 13.2 Å². The van der Waals surface area contributed by atoms with Crippen LogP contribution >= 0.6 is 11.6 Å². The van der Waals surface area contributed by atoms with Crippen LogP contribution in [0.25, 0.3) is 0 Å². The topological polar surface area (TPSA) is 32.7 Å². The number of halogens is 1. The average Bonchev–Trinajstić information content (AvgIpc) is 2.92. The molecule has 1 saturated carbocycles. The Morgan fingerprint density at radius 2 is 2.10 bits per heavy atom. The number of hydrogen-bond donors (Lipinski definition) is 1. The molecule has 0 amide bonds. The molecule has 110 valence electrons. The van der Waals surface area contributed by atoms with Gasteiger partial charge in [-0.3, -0.25) is 4.90 Å². The number of rotatable bonds is 3. The number of ether oxygens (including phenoxy) is 1. The average molecular weight is 296 g/mol. The molecule has 3 rings (SSSR count). The molecule has 2 atom stereocenters. The van der Waals surface area contributed by atoms with Gasteiger partial charge >= 0.3 is 0 Å².